The number of quaternary nitrogens is 1. The molecule has 8 nitrogen and oxygen atoms in total. The monoisotopic (exact) mass is 983 g/mol. The van der Waals surface area contributed by atoms with Gasteiger partial charge in [-0.2, -0.15) is 0 Å². The van der Waals surface area contributed by atoms with Crippen LogP contribution in [0, 0.1) is 0 Å². The average molecular weight is 984 g/mol. The second-order valence-electron chi connectivity index (χ2n) is 22.1. The van der Waals surface area contributed by atoms with Gasteiger partial charge in [0.15, 0.2) is 0 Å². The highest BCUT2D eigenvalue weighted by Crippen LogP contribution is 2.38. The number of nitrogens with zero attached hydrogens (tertiary/aromatic N) is 1. The predicted molar refractivity (Wildman–Crippen MR) is 293 cm³/mol. The summed E-state index contributed by atoms with van der Waals surface area (Å²) >= 11 is 0. The molecule has 0 bridgehead atoms. The van der Waals surface area contributed by atoms with E-state index in [0.717, 1.165) is 38.5 Å². The van der Waals surface area contributed by atoms with Gasteiger partial charge in [-0.15, -0.1) is 0 Å². The highest BCUT2D eigenvalue weighted by Gasteiger charge is 2.24. The van der Waals surface area contributed by atoms with Crippen molar-refractivity contribution in [2.24, 2.45) is 0 Å². The number of carbonyl (C=O) groups is 1. The van der Waals surface area contributed by atoms with E-state index in [1.165, 1.54) is 244 Å². The Kier molecular flexibility index (Phi) is 50.6. The van der Waals surface area contributed by atoms with Crippen LogP contribution < -0.4 is 10.2 Å². The fraction of sp³-hybridized carbons (Fsp3) is 0.949. The van der Waals surface area contributed by atoms with E-state index < -0.39 is 20.0 Å². The van der Waals surface area contributed by atoms with Gasteiger partial charge in [-0.25, -0.2) is 0 Å². The Morgan fingerprint density at radius 2 is 0.809 bits per heavy atom. The molecule has 0 aromatic rings. The Balaban J connectivity index is 4.11. The quantitative estimate of drug-likeness (QED) is 0.0272. The van der Waals surface area contributed by atoms with Gasteiger partial charge in [0.2, 0.25) is 5.91 Å². The lowest BCUT2D eigenvalue weighted by Crippen LogP contribution is -2.46. The van der Waals surface area contributed by atoms with Crippen molar-refractivity contribution in [1.29, 1.82) is 0 Å². The number of hydrogen-bond acceptors (Lipinski definition) is 6. The van der Waals surface area contributed by atoms with Crippen molar-refractivity contribution in [3.63, 3.8) is 0 Å². The molecule has 0 aliphatic carbocycles. The standard InChI is InChI=1S/C59H119N2O6P/c1-6-8-10-12-14-16-18-20-22-24-26-28-29-30-31-33-35-37-39-41-43-45-47-49-51-53-59(63)60-57(56-67-68(64,65)66-55-54-61(3,4)5)58(62)52-50-48-46-44-42-40-38-36-34-32-27-25-23-21-19-17-15-13-11-9-7-2/h24,26,57-58,62H,6-23,25,27-56H2,1-5H3,(H-,60,63,64,65)/b26-24-. The molecule has 406 valence electrons. The summed E-state index contributed by atoms with van der Waals surface area (Å²) in [5.41, 5.74) is 0. The topological polar surface area (TPSA) is 108 Å². The number of unbranched alkanes of at least 4 members (excludes halogenated alkanes) is 41. The number of aliphatic hydroxyl groups is 1. The third kappa shape index (κ3) is 53.0. The first-order chi connectivity index (χ1) is 33.0. The molecule has 0 rings (SSSR count). The number of amides is 1. The molecule has 2 N–H and O–H groups in total. The van der Waals surface area contributed by atoms with Crippen LogP contribution in [-0.2, 0) is 18.4 Å². The minimum Gasteiger partial charge on any atom is -0.756 e. The Bertz CT molecular complexity index is 1120. The second-order valence-corrected chi connectivity index (χ2v) is 23.5. The van der Waals surface area contributed by atoms with Crippen molar-refractivity contribution in [2.75, 3.05) is 40.9 Å². The van der Waals surface area contributed by atoms with Crippen LogP contribution in [0.1, 0.15) is 309 Å². The lowest BCUT2D eigenvalue weighted by atomic mass is 10.0. The van der Waals surface area contributed by atoms with Gasteiger partial charge in [0.1, 0.15) is 13.2 Å². The lowest BCUT2D eigenvalue weighted by Gasteiger charge is -2.30. The van der Waals surface area contributed by atoms with Crippen LogP contribution >= 0.6 is 7.82 Å². The maximum absolute atomic E-state index is 13.0. The number of aliphatic hydroxyl groups excluding tert-OH is 1. The molecule has 68 heavy (non-hydrogen) atoms. The number of likely N-dealkylation sites (N-methyl/N-ethyl adjacent to an activating group) is 1. The molecule has 3 atom stereocenters. The van der Waals surface area contributed by atoms with E-state index in [2.05, 4.69) is 31.3 Å². The van der Waals surface area contributed by atoms with E-state index in [9.17, 15) is 19.4 Å². The number of phosphoric acid groups is 1. The maximum Gasteiger partial charge on any atom is 0.268 e. The molecule has 0 saturated heterocycles. The minimum atomic E-state index is -4.57. The molecule has 0 spiro atoms. The van der Waals surface area contributed by atoms with Gasteiger partial charge in [-0.05, 0) is 38.5 Å². The van der Waals surface area contributed by atoms with Gasteiger partial charge in [-0.1, -0.05) is 276 Å². The van der Waals surface area contributed by atoms with Crippen molar-refractivity contribution in [3.8, 4) is 0 Å². The number of rotatable bonds is 56. The Morgan fingerprint density at radius 1 is 0.500 bits per heavy atom. The first-order valence-electron chi connectivity index (χ1n) is 30.0. The Labute approximate surface area is 424 Å². The second kappa shape index (κ2) is 51.2. The van der Waals surface area contributed by atoms with E-state index in [4.69, 9.17) is 9.05 Å². The van der Waals surface area contributed by atoms with Gasteiger partial charge in [-0.3, -0.25) is 9.36 Å². The molecule has 0 aliphatic rings. The summed E-state index contributed by atoms with van der Waals surface area (Å²) in [6, 6.07) is -0.798. The maximum atomic E-state index is 13.0. The molecule has 0 heterocycles. The number of nitrogens with one attached hydrogen (secondary N) is 1. The minimum absolute atomic E-state index is 0.0151. The molecule has 3 unspecified atom stereocenters. The van der Waals surface area contributed by atoms with Gasteiger partial charge in [0.05, 0.1) is 39.9 Å². The van der Waals surface area contributed by atoms with Crippen LogP contribution in [0.2, 0.25) is 0 Å². The Hall–Kier alpha value is -0.760. The molecular formula is C59H119N2O6P. The molecule has 9 heteroatoms. The predicted octanol–water partition coefficient (Wildman–Crippen LogP) is 17.6. The normalized spacial score (nSPS) is 13.9. The zero-order valence-electron chi connectivity index (χ0n) is 46.3. The number of carbonyl (C=O) groups excluding carboxylic acids is 1. The van der Waals surface area contributed by atoms with E-state index in [1.54, 1.807) is 0 Å². The highest BCUT2D eigenvalue weighted by molar-refractivity contribution is 7.45. The summed E-state index contributed by atoms with van der Waals surface area (Å²) in [4.78, 5) is 25.6. The zero-order chi connectivity index (χ0) is 49.9. The van der Waals surface area contributed by atoms with E-state index in [1.807, 2.05) is 21.1 Å². The summed E-state index contributed by atoms with van der Waals surface area (Å²) < 4.78 is 23.5. The molecule has 0 aromatic heterocycles. The van der Waals surface area contributed by atoms with E-state index in [-0.39, 0.29) is 19.1 Å². The lowest BCUT2D eigenvalue weighted by molar-refractivity contribution is -0.870. The van der Waals surface area contributed by atoms with Crippen LogP contribution in [0.4, 0.5) is 0 Å². The number of allylic oxidation sites excluding steroid dienone is 2. The van der Waals surface area contributed by atoms with Crippen molar-refractivity contribution in [1.82, 2.24) is 5.32 Å². The summed E-state index contributed by atoms with van der Waals surface area (Å²) in [6.07, 6.45) is 62.4. The molecule has 0 saturated carbocycles. The van der Waals surface area contributed by atoms with E-state index >= 15 is 0 Å². The van der Waals surface area contributed by atoms with Gasteiger partial charge in [0, 0.05) is 6.42 Å². The van der Waals surface area contributed by atoms with Crippen LogP contribution in [0.15, 0.2) is 12.2 Å². The van der Waals surface area contributed by atoms with Crippen molar-refractivity contribution < 1.29 is 32.9 Å². The number of phosphoric ester groups is 1. The fourth-order valence-electron chi connectivity index (χ4n) is 9.27. The summed E-state index contributed by atoms with van der Waals surface area (Å²) in [6.45, 7) is 4.77. The van der Waals surface area contributed by atoms with Gasteiger partial charge >= 0.3 is 0 Å². The Morgan fingerprint density at radius 3 is 1.15 bits per heavy atom. The SMILES string of the molecule is CCCCCCCCCC/C=C\CCCCCCCCCCCCCCCC(=O)NC(COP(=O)([O-])OCC[N+](C)(C)C)C(O)CCCCCCCCCCCCCCCCCCCCCCC. The first-order valence-corrected chi connectivity index (χ1v) is 31.5. The van der Waals surface area contributed by atoms with Crippen molar-refractivity contribution in [2.45, 2.75) is 321 Å². The first kappa shape index (κ1) is 67.2. The summed E-state index contributed by atoms with van der Waals surface area (Å²) in [5, 5.41) is 14.0. The molecule has 1 amide bonds. The summed E-state index contributed by atoms with van der Waals surface area (Å²) in [5.74, 6) is -0.159. The van der Waals surface area contributed by atoms with Crippen LogP contribution in [-0.4, -0.2) is 68.5 Å². The van der Waals surface area contributed by atoms with Gasteiger partial charge in [0.25, 0.3) is 7.82 Å². The van der Waals surface area contributed by atoms with Crippen LogP contribution in [0.25, 0.3) is 0 Å². The summed E-state index contributed by atoms with van der Waals surface area (Å²) in [7, 11) is 1.32. The molecule has 0 aromatic carbocycles. The largest absolute Gasteiger partial charge is 0.756 e. The highest BCUT2D eigenvalue weighted by atomic mass is 31.2. The molecule has 0 fully saturated rings. The van der Waals surface area contributed by atoms with Crippen molar-refractivity contribution >= 4 is 13.7 Å². The average Bonchev–Trinajstić information content (AvgIpc) is 3.30. The number of hydrogen-bond donors (Lipinski definition) is 2. The van der Waals surface area contributed by atoms with Crippen LogP contribution in [0.5, 0.6) is 0 Å². The zero-order valence-corrected chi connectivity index (χ0v) is 47.2. The van der Waals surface area contributed by atoms with E-state index in [0.29, 0.717) is 23.9 Å². The van der Waals surface area contributed by atoms with Crippen molar-refractivity contribution in [3.05, 3.63) is 12.2 Å². The molecule has 0 radical (unpaired) electrons. The van der Waals surface area contributed by atoms with Crippen LogP contribution in [0.3, 0.4) is 0 Å². The third-order valence-corrected chi connectivity index (χ3v) is 15.0. The van der Waals surface area contributed by atoms with Gasteiger partial charge < -0.3 is 28.8 Å². The molecule has 0 aliphatic heterocycles. The smallest absolute Gasteiger partial charge is 0.268 e. The fourth-order valence-corrected chi connectivity index (χ4v) is 10.00. The molecular weight excluding hydrogens is 864 g/mol. The third-order valence-electron chi connectivity index (χ3n) is 14.0.